The second-order valence-electron chi connectivity index (χ2n) is 4.09. The van der Waals surface area contributed by atoms with Gasteiger partial charge >= 0.3 is 0 Å². The van der Waals surface area contributed by atoms with Crippen LogP contribution in [0, 0.1) is 0 Å². The van der Waals surface area contributed by atoms with Crippen LogP contribution >= 0.6 is 0 Å². The topological polar surface area (TPSA) is 52.3 Å². The minimum Gasteiger partial charge on any atom is -0.456 e. The summed E-state index contributed by atoms with van der Waals surface area (Å²) in [5.41, 5.74) is 7.60. The highest BCUT2D eigenvalue weighted by Gasteiger charge is 2.11. The zero-order valence-corrected chi connectivity index (χ0v) is 9.59. The van der Waals surface area contributed by atoms with Gasteiger partial charge in [-0.1, -0.05) is 30.4 Å². The molecule has 18 heavy (non-hydrogen) atoms. The van der Waals surface area contributed by atoms with Gasteiger partial charge in [-0.2, -0.15) is 0 Å². The quantitative estimate of drug-likeness (QED) is 0.707. The zero-order valence-electron chi connectivity index (χ0n) is 9.59. The van der Waals surface area contributed by atoms with Crippen LogP contribution in [0.15, 0.2) is 42.5 Å². The van der Waals surface area contributed by atoms with E-state index in [1.165, 1.54) is 0 Å². The van der Waals surface area contributed by atoms with Gasteiger partial charge in [-0.05, 0) is 24.3 Å². The number of fused-ring (bicyclic) bond motifs is 2. The van der Waals surface area contributed by atoms with Crippen LogP contribution in [0.2, 0.25) is 0 Å². The molecule has 0 saturated carbocycles. The highest BCUT2D eigenvalue weighted by atomic mass is 16.5. The van der Waals surface area contributed by atoms with E-state index in [0.29, 0.717) is 5.56 Å². The van der Waals surface area contributed by atoms with Crippen molar-refractivity contribution < 1.29 is 9.53 Å². The summed E-state index contributed by atoms with van der Waals surface area (Å²) in [5.74, 6) is 1.09. The summed E-state index contributed by atoms with van der Waals surface area (Å²) in [6, 6.07) is 12.9. The number of hydrogen-bond donors (Lipinski definition) is 1. The van der Waals surface area contributed by atoms with E-state index < -0.39 is 5.91 Å². The van der Waals surface area contributed by atoms with Crippen molar-refractivity contribution in [2.45, 2.75) is 0 Å². The maximum Gasteiger partial charge on any atom is 0.248 e. The number of carbonyl (C=O) groups is 1. The number of benzene rings is 2. The predicted octanol–water partition coefficient (Wildman–Crippen LogP) is 3.06. The highest BCUT2D eigenvalue weighted by Crippen LogP contribution is 2.34. The fourth-order valence-corrected chi connectivity index (χ4v) is 1.93. The smallest absolute Gasteiger partial charge is 0.248 e. The predicted molar refractivity (Wildman–Crippen MR) is 70.4 cm³/mol. The maximum atomic E-state index is 11.1. The van der Waals surface area contributed by atoms with E-state index in [2.05, 4.69) is 0 Å². The molecule has 0 bridgehead atoms. The van der Waals surface area contributed by atoms with Gasteiger partial charge in [-0.25, -0.2) is 0 Å². The number of amides is 1. The Labute approximate surface area is 105 Å². The molecule has 0 aliphatic carbocycles. The lowest BCUT2D eigenvalue weighted by Crippen LogP contribution is -2.10. The summed E-state index contributed by atoms with van der Waals surface area (Å²) in [6.07, 6.45) is 3.89. The van der Waals surface area contributed by atoms with Gasteiger partial charge < -0.3 is 10.5 Å². The molecular weight excluding hydrogens is 226 g/mol. The molecular formula is C15H11NO2. The summed E-state index contributed by atoms with van der Waals surface area (Å²) in [5, 5.41) is 0. The SMILES string of the molecule is NC(=O)c1ccc2c(c1)C=Cc1ccccc1O2. The molecule has 1 aliphatic heterocycles. The first-order valence-electron chi connectivity index (χ1n) is 5.63. The summed E-state index contributed by atoms with van der Waals surface area (Å²) in [6.45, 7) is 0. The van der Waals surface area contributed by atoms with E-state index in [-0.39, 0.29) is 0 Å². The standard InChI is InChI=1S/C15H11NO2/c16-15(17)12-7-8-14-11(9-12)6-5-10-3-1-2-4-13(10)18-14/h1-9H,(H2,16,17). The lowest BCUT2D eigenvalue weighted by atomic mass is 10.1. The van der Waals surface area contributed by atoms with E-state index >= 15 is 0 Å². The Kier molecular flexibility index (Phi) is 2.38. The second kappa shape index (κ2) is 4.04. The normalized spacial score (nSPS) is 12.0. The first-order valence-corrected chi connectivity index (χ1v) is 5.63. The number of ether oxygens (including phenoxy) is 1. The Morgan fingerprint density at radius 3 is 2.50 bits per heavy atom. The second-order valence-corrected chi connectivity index (χ2v) is 4.09. The molecule has 2 aromatic carbocycles. The summed E-state index contributed by atoms with van der Waals surface area (Å²) < 4.78 is 5.82. The molecule has 2 aromatic rings. The average molecular weight is 237 g/mol. The van der Waals surface area contributed by atoms with Gasteiger partial charge in [0.15, 0.2) is 0 Å². The fraction of sp³-hybridized carbons (Fsp3) is 0. The third kappa shape index (κ3) is 1.76. The van der Waals surface area contributed by atoms with Gasteiger partial charge in [0.2, 0.25) is 5.91 Å². The first kappa shape index (κ1) is 10.6. The van der Waals surface area contributed by atoms with Crippen molar-refractivity contribution in [1.29, 1.82) is 0 Å². The van der Waals surface area contributed by atoms with E-state index in [9.17, 15) is 4.79 Å². The average Bonchev–Trinajstić information content (AvgIpc) is 2.56. The van der Waals surface area contributed by atoms with E-state index in [1.54, 1.807) is 18.2 Å². The Morgan fingerprint density at radius 2 is 1.67 bits per heavy atom. The van der Waals surface area contributed by atoms with Crippen LogP contribution in [-0.2, 0) is 0 Å². The zero-order chi connectivity index (χ0) is 12.5. The van der Waals surface area contributed by atoms with Crippen LogP contribution in [0.25, 0.3) is 12.2 Å². The molecule has 3 rings (SSSR count). The van der Waals surface area contributed by atoms with Crippen LogP contribution in [0.1, 0.15) is 21.5 Å². The Bertz CT molecular complexity index is 659. The summed E-state index contributed by atoms with van der Waals surface area (Å²) in [7, 11) is 0. The summed E-state index contributed by atoms with van der Waals surface area (Å²) in [4.78, 5) is 11.1. The van der Waals surface area contributed by atoms with Crippen molar-refractivity contribution in [3.8, 4) is 11.5 Å². The Balaban J connectivity index is 2.12. The van der Waals surface area contributed by atoms with E-state index in [4.69, 9.17) is 10.5 Å². The first-order chi connectivity index (χ1) is 8.74. The van der Waals surface area contributed by atoms with Crippen LogP contribution < -0.4 is 10.5 Å². The van der Waals surface area contributed by atoms with Crippen molar-refractivity contribution in [2.24, 2.45) is 5.73 Å². The molecule has 3 heteroatoms. The van der Waals surface area contributed by atoms with Crippen molar-refractivity contribution >= 4 is 18.1 Å². The number of nitrogens with two attached hydrogens (primary N) is 1. The minimum absolute atomic E-state index is 0.437. The van der Waals surface area contributed by atoms with E-state index in [1.807, 2.05) is 36.4 Å². The molecule has 1 heterocycles. The molecule has 2 N–H and O–H groups in total. The molecule has 0 saturated heterocycles. The van der Waals surface area contributed by atoms with Gasteiger partial charge in [-0.15, -0.1) is 0 Å². The van der Waals surface area contributed by atoms with Crippen LogP contribution in [0.4, 0.5) is 0 Å². The van der Waals surface area contributed by atoms with Gasteiger partial charge in [0.25, 0.3) is 0 Å². The number of para-hydroxylation sites is 1. The molecule has 1 aliphatic rings. The molecule has 0 spiro atoms. The largest absolute Gasteiger partial charge is 0.456 e. The fourth-order valence-electron chi connectivity index (χ4n) is 1.93. The number of rotatable bonds is 1. The monoisotopic (exact) mass is 237 g/mol. The maximum absolute atomic E-state index is 11.1. The number of hydrogen-bond acceptors (Lipinski definition) is 2. The minimum atomic E-state index is -0.437. The molecule has 0 radical (unpaired) electrons. The van der Waals surface area contributed by atoms with Gasteiger partial charge in [0, 0.05) is 16.7 Å². The van der Waals surface area contributed by atoms with Gasteiger partial charge in [-0.3, -0.25) is 4.79 Å². The molecule has 88 valence electrons. The Hall–Kier alpha value is -2.55. The number of carbonyl (C=O) groups excluding carboxylic acids is 1. The molecule has 0 aromatic heterocycles. The van der Waals surface area contributed by atoms with Crippen LogP contribution in [0.3, 0.4) is 0 Å². The third-order valence-corrected chi connectivity index (χ3v) is 2.88. The Morgan fingerprint density at radius 1 is 0.944 bits per heavy atom. The highest BCUT2D eigenvalue weighted by molar-refractivity contribution is 5.94. The molecule has 0 fully saturated rings. The molecule has 0 unspecified atom stereocenters. The summed E-state index contributed by atoms with van der Waals surface area (Å²) >= 11 is 0. The van der Waals surface area contributed by atoms with Crippen molar-refractivity contribution in [3.63, 3.8) is 0 Å². The van der Waals surface area contributed by atoms with Crippen LogP contribution in [0.5, 0.6) is 11.5 Å². The molecule has 3 nitrogen and oxygen atoms in total. The van der Waals surface area contributed by atoms with Crippen molar-refractivity contribution in [1.82, 2.24) is 0 Å². The van der Waals surface area contributed by atoms with Crippen LogP contribution in [-0.4, -0.2) is 5.91 Å². The van der Waals surface area contributed by atoms with Gasteiger partial charge in [0.05, 0.1) is 0 Å². The van der Waals surface area contributed by atoms with Gasteiger partial charge in [0.1, 0.15) is 11.5 Å². The molecule has 0 atom stereocenters. The van der Waals surface area contributed by atoms with E-state index in [0.717, 1.165) is 22.6 Å². The van der Waals surface area contributed by atoms with Crippen molar-refractivity contribution in [2.75, 3.05) is 0 Å². The molecule has 1 amide bonds. The van der Waals surface area contributed by atoms with Crippen molar-refractivity contribution in [3.05, 3.63) is 59.2 Å². The lowest BCUT2D eigenvalue weighted by molar-refractivity contribution is 0.100. The number of primary amides is 1. The third-order valence-electron chi connectivity index (χ3n) is 2.88. The lowest BCUT2D eigenvalue weighted by Gasteiger charge is -2.09.